The van der Waals surface area contributed by atoms with Gasteiger partial charge >= 0.3 is 0 Å². The van der Waals surface area contributed by atoms with Crippen molar-refractivity contribution >= 4 is 23.7 Å². The molecule has 0 aromatic heterocycles. The van der Waals surface area contributed by atoms with Crippen LogP contribution in [0.4, 0.5) is 5.69 Å². The zero-order valence-electron chi connectivity index (χ0n) is 15.6. The van der Waals surface area contributed by atoms with Crippen molar-refractivity contribution in [1.29, 1.82) is 0 Å². The van der Waals surface area contributed by atoms with Crippen molar-refractivity contribution in [3.05, 3.63) is 66.2 Å². The summed E-state index contributed by atoms with van der Waals surface area (Å²) in [6, 6.07) is 12.2. The van der Waals surface area contributed by atoms with Crippen LogP contribution in [-0.2, 0) is 16.0 Å². The Morgan fingerprint density at radius 2 is 1.96 bits per heavy atom. The van der Waals surface area contributed by atoms with Crippen LogP contribution in [0.25, 0.3) is 0 Å². The third-order valence-electron chi connectivity index (χ3n) is 3.62. The number of aromatic hydroxyl groups is 1. The second kappa shape index (κ2) is 10.5. The summed E-state index contributed by atoms with van der Waals surface area (Å²) in [4.78, 5) is 23.7. The van der Waals surface area contributed by atoms with Crippen LogP contribution < -0.4 is 15.5 Å². The van der Waals surface area contributed by atoms with Gasteiger partial charge in [0.1, 0.15) is 6.42 Å². The van der Waals surface area contributed by atoms with E-state index >= 15 is 0 Å². The molecular weight excluding hydrogens is 358 g/mol. The number of allylic oxidation sites excluding steroid dienone is 1. The van der Waals surface area contributed by atoms with Crippen LogP contribution >= 0.6 is 0 Å². The first-order valence-electron chi connectivity index (χ1n) is 8.79. The number of nitrogens with one attached hydrogen (secondary N) is 2. The lowest BCUT2D eigenvalue weighted by Crippen LogP contribution is -2.24. The molecule has 146 valence electrons. The smallest absolute Gasteiger partial charge is 0.249 e. The van der Waals surface area contributed by atoms with E-state index in [4.69, 9.17) is 4.74 Å². The lowest BCUT2D eigenvalue weighted by Gasteiger charge is -2.10. The number of hydrogen-bond acceptors (Lipinski definition) is 5. The number of hydrogen-bond donors (Lipinski definition) is 3. The number of benzene rings is 2. The molecule has 0 saturated carbocycles. The first-order chi connectivity index (χ1) is 13.5. The van der Waals surface area contributed by atoms with Gasteiger partial charge in [-0.15, -0.1) is 6.58 Å². The fraction of sp³-hybridized carbons (Fsp3) is 0.190. The molecule has 0 spiro atoms. The molecule has 0 aliphatic rings. The number of phenols is 1. The molecule has 0 fully saturated rings. The average molecular weight is 381 g/mol. The van der Waals surface area contributed by atoms with Crippen molar-refractivity contribution < 1.29 is 19.4 Å². The highest BCUT2D eigenvalue weighted by Gasteiger charge is 2.11. The van der Waals surface area contributed by atoms with Gasteiger partial charge in [-0.25, -0.2) is 5.43 Å². The zero-order chi connectivity index (χ0) is 20.4. The van der Waals surface area contributed by atoms with E-state index in [0.29, 0.717) is 35.6 Å². The van der Waals surface area contributed by atoms with E-state index in [9.17, 15) is 14.7 Å². The SMILES string of the molecule is C=CCc1cc(C=NNC(=O)CC(=O)Nc2ccccc2)cc(OCC)c1O. The maximum absolute atomic E-state index is 11.9. The molecule has 0 bridgehead atoms. The van der Waals surface area contributed by atoms with E-state index < -0.39 is 11.8 Å². The lowest BCUT2D eigenvalue weighted by atomic mass is 10.1. The van der Waals surface area contributed by atoms with Crippen LogP contribution in [0.15, 0.2) is 60.2 Å². The molecule has 0 radical (unpaired) electrons. The number of anilines is 1. The van der Waals surface area contributed by atoms with E-state index in [0.717, 1.165) is 0 Å². The normalized spacial score (nSPS) is 10.5. The Bertz CT molecular complexity index is 863. The molecular formula is C21H23N3O4. The van der Waals surface area contributed by atoms with Gasteiger partial charge in [0.15, 0.2) is 11.5 Å². The van der Waals surface area contributed by atoms with Gasteiger partial charge in [-0.05, 0) is 43.2 Å². The maximum Gasteiger partial charge on any atom is 0.249 e. The van der Waals surface area contributed by atoms with Gasteiger partial charge in [-0.1, -0.05) is 24.3 Å². The summed E-state index contributed by atoms with van der Waals surface area (Å²) in [6.07, 6.45) is 3.19. The van der Waals surface area contributed by atoms with Gasteiger partial charge < -0.3 is 15.2 Å². The van der Waals surface area contributed by atoms with E-state index in [1.165, 1.54) is 6.21 Å². The Labute approximate surface area is 163 Å². The van der Waals surface area contributed by atoms with Gasteiger partial charge in [0.25, 0.3) is 0 Å². The Hall–Kier alpha value is -3.61. The summed E-state index contributed by atoms with van der Waals surface area (Å²) in [5.74, 6) is -0.590. The predicted octanol–water partition coefficient (Wildman–Crippen LogP) is 3.00. The minimum atomic E-state index is -0.542. The largest absolute Gasteiger partial charge is 0.504 e. The van der Waals surface area contributed by atoms with Crippen LogP contribution in [0.1, 0.15) is 24.5 Å². The molecule has 0 aliphatic heterocycles. The number of carbonyl (C=O) groups excluding carboxylic acids is 2. The van der Waals surface area contributed by atoms with Crippen LogP contribution in [0.2, 0.25) is 0 Å². The molecule has 0 heterocycles. The van der Waals surface area contributed by atoms with Gasteiger partial charge in [0, 0.05) is 11.3 Å². The van der Waals surface area contributed by atoms with Crippen LogP contribution in [-0.4, -0.2) is 29.7 Å². The van der Waals surface area contributed by atoms with Crippen LogP contribution in [0.3, 0.4) is 0 Å². The molecule has 0 unspecified atom stereocenters. The van der Waals surface area contributed by atoms with Crippen LogP contribution in [0.5, 0.6) is 11.5 Å². The molecule has 28 heavy (non-hydrogen) atoms. The highest BCUT2D eigenvalue weighted by Crippen LogP contribution is 2.31. The second-order valence-electron chi connectivity index (χ2n) is 5.84. The van der Waals surface area contributed by atoms with E-state index in [-0.39, 0.29) is 12.2 Å². The monoisotopic (exact) mass is 381 g/mol. The predicted molar refractivity (Wildman–Crippen MR) is 109 cm³/mol. The summed E-state index contributed by atoms with van der Waals surface area (Å²) in [7, 11) is 0. The zero-order valence-corrected chi connectivity index (χ0v) is 15.6. The first kappa shape index (κ1) is 20.7. The highest BCUT2D eigenvalue weighted by atomic mass is 16.5. The molecule has 3 N–H and O–H groups in total. The second-order valence-corrected chi connectivity index (χ2v) is 5.84. The minimum Gasteiger partial charge on any atom is -0.504 e. The molecule has 0 saturated heterocycles. The van der Waals surface area contributed by atoms with Crippen molar-refractivity contribution in [1.82, 2.24) is 5.43 Å². The van der Waals surface area contributed by atoms with Crippen LogP contribution in [0, 0.1) is 0 Å². The molecule has 7 nitrogen and oxygen atoms in total. The lowest BCUT2D eigenvalue weighted by molar-refractivity contribution is -0.126. The molecule has 2 aromatic rings. The maximum atomic E-state index is 11.9. The quantitative estimate of drug-likeness (QED) is 0.269. The third-order valence-corrected chi connectivity index (χ3v) is 3.62. The van der Waals surface area contributed by atoms with Gasteiger partial charge in [0.2, 0.25) is 11.8 Å². The summed E-state index contributed by atoms with van der Waals surface area (Å²) in [5.41, 5.74) is 4.20. The van der Waals surface area contributed by atoms with Crippen molar-refractivity contribution in [2.75, 3.05) is 11.9 Å². The molecule has 2 amide bonds. The minimum absolute atomic E-state index is 0.0560. The third kappa shape index (κ3) is 6.28. The number of hydrazone groups is 1. The first-order valence-corrected chi connectivity index (χ1v) is 8.79. The van der Waals surface area contributed by atoms with E-state index in [2.05, 4.69) is 22.4 Å². The van der Waals surface area contributed by atoms with Crippen molar-refractivity contribution in [3.63, 3.8) is 0 Å². The van der Waals surface area contributed by atoms with Crippen molar-refractivity contribution in [2.24, 2.45) is 5.10 Å². The standard InChI is InChI=1S/C21H23N3O4/c1-3-8-16-11-15(12-18(21(16)27)28-4-2)14-22-24-20(26)13-19(25)23-17-9-6-5-7-10-17/h3,5-7,9-12,14,27H,1,4,8,13H2,2H3,(H,23,25)(H,24,26). The van der Waals surface area contributed by atoms with Gasteiger partial charge in [0.05, 0.1) is 12.8 Å². The van der Waals surface area contributed by atoms with E-state index in [1.54, 1.807) is 42.5 Å². The molecule has 0 atom stereocenters. The molecule has 0 aliphatic carbocycles. The molecule has 2 aromatic carbocycles. The van der Waals surface area contributed by atoms with Gasteiger partial charge in [-0.3, -0.25) is 9.59 Å². The Kier molecular flexibility index (Phi) is 7.77. The molecule has 2 rings (SSSR count). The Morgan fingerprint density at radius 3 is 2.64 bits per heavy atom. The van der Waals surface area contributed by atoms with E-state index in [1.807, 2.05) is 13.0 Å². The fourth-order valence-electron chi connectivity index (χ4n) is 2.43. The summed E-state index contributed by atoms with van der Waals surface area (Å²) >= 11 is 0. The summed E-state index contributed by atoms with van der Waals surface area (Å²) in [6.45, 7) is 5.88. The number of ether oxygens (including phenoxy) is 1. The number of para-hydroxylation sites is 1. The number of phenolic OH excluding ortho intramolecular Hbond substituents is 1. The van der Waals surface area contributed by atoms with Crippen molar-refractivity contribution in [2.45, 2.75) is 19.8 Å². The number of carbonyl (C=O) groups is 2. The summed E-state index contributed by atoms with van der Waals surface area (Å²) in [5, 5.41) is 16.7. The molecule has 7 heteroatoms. The Balaban J connectivity index is 1.96. The van der Waals surface area contributed by atoms with Gasteiger partial charge in [-0.2, -0.15) is 5.10 Å². The number of rotatable bonds is 9. The highest BCUT2D eigenvalue weighted by molar-refractivity contribution is 6.03. The summed E-state index contributed by atoms with van der Waals surface area (Å²) < 4.78 is 5.41. The number of amides is 2. The number of nitrogens with zero attached hydrogens (tertiary/aromatic N) is 1. The average Bonchev–Trinajstić information content (AvgIpc) is 2.66. The Morgan fingerprint density at radius 1 is 1.21 bits per heavy atom. The topological polar surface area (TPSA) is 100 Å². The van der Waals surface area contributed by atoms with Crippen molar-refractivity contribution in [3.8, 4) is 11.5 Å². The fourth-order valence-corrected chi connectivity index (χ4v) is 2.43.